The van der Waals surface area contributed by atoms with Crippen molar-refractivity contribution in [2.45, 2.75) is 53.0 Å². The summed E-state index contributed by atoms with van der Waals surface area (Å²) in [5.74, 6) is -0.00938. The van der Waals surface area contributed by atoms with Crippen LogP contribution in [0.15, 0.2) is 72.3 Å². The lowest BCUT2D eigenvalue weighted by Crippen LogP contribution is -2.66. The van der Waals surface area contributed by atoms with Gasteiger partial charge in [0.2, 0.25) is 0 Å². The number of benzene rings is 2. The van der Waals surface area contributed by atoms with E-state index < -0.39 is 8.32 Å². The second-order valence-electron chi connectivity index (χ2n) is 8.85. The zero-order valence-corrected chi connectivity index (χ0v) is 20.3. The molecule has 3 nitrogen and oxygen atoms in total. The number of rotatable bonds is 9. The lowest BCUT2D eigenvalue weighted by atomic mass is 10.1. The first-order valence-corrected chi connectivity index (χ1v) is 12.7. The fourth-order valence-electron chi connectivity index (χ4n) is 3.98. The number of hydrogen-bond acceptors (Lipinski definition) is 3. The van der Waals surface area contributed by atoms with E-state index in [9.17, 15) is 4.79 Å². The van der Waals surface area contributed by atoms with Gasteiger partial charge >= 0.3 is 5.97 Å². The van der Waals surface area contributed by atoms with Crippen LogP contribution in [0.25, 0.3) is 0 Å². The molecule has 0 aliphatic rings. The number of ether oxygens (including phenoxy) is 1. The van der Waals surface area contributed by atoms with Gasteiger partial charge in [-0.2, -0.15) is 0 Å². The van der Waals surface area contributed by atoms with Gasteiger partial charge in [0.15, 0.2) is 0 Å². The third-order valence-electron chi connectivity index (χ3n) is 5.44. The molecule has 0 saturated heterocycles. The van der Waals surface area contributed by atoms with E-state index in [1.54, 1.807) is 0 Å². The summed E-state index contributed by atoms with van der Waals surface area (Å²) in [5.41, 5.74) is 0.662. The predicted molar refractivity (Wildman–Crippen MR) is 128 cm³/mol. The average molecular weight is 425 g/mol. The summed E-state index contributed by atoms with van der Waals surface area (Å²) in [6, 6.07) is 21.3. The highest BCUT2D eigenvalue weighted by Crippen LogP contribution is 2.36. The van der Waals surface area contributed by atoms with Crippen molar-refractivity contribution < 1.29 is 14.0 Å². The normalized spacial score (nSPS) is 13.7. The summed E-state index contributed by atoms with van der Waals surface area (Å²) in [6.45, 7) is 13.7. The third-order valence-corrected chi connectivity index (χ3v) is 10.5. The van der Waals surface area contributed by atoms with Gasteiger partial charge in [0.25, 0.3) is 8.32 Å². The van der Waals surface area contributed by atoms with Crippen LogP contribution in [-0.2, 0) is 14.0 Å². The summed E-state index contributed by atoms with van der Waals surface area (Å²) in [4.78, 5) is 11.9. The molecule has 0 aromatic heterocycles. The van der Waals surface area contributed by atoms with Crippen LogP contribution in [0.3, 0.4) is 0 Å². The lowest BCUT2D eigenvalue weighted by Gasteiger charge is -2.43. The smallest absolute Gasteiger partial charge is 0.333 e. The molecule has 1 atom stereocenters. The van der Waals surface area contributed by atoms with Gasteiger partial charge in [-0.25, -0.2) is 4.79 Å². The molecule has 162 valence electrons. The molecule has 0 unspecified atom stereocenters. The van der Waals surface area contributed by atoms with Gasteiger partial charge < -0.3 is 9.16 Å². The fraction of sp³-hybridized carbons (Fsp3) is 0.423. The summed E-state index contributed by atoms with van der Waals surface area (Å²) in [5, 5.41) is 2.54. The summed E-state index contributed by atoms with van der Waals surface area (Å²) >= 11 is 0. The van der Waals surface area contributed by atoms with Gasteiger partial charge in [0, 0.05) is 12.2 Å². The molecule has 2 aromatic carbocycles. The van der Waals surface area contributed by atoms with Crippen molar-refractivity contribution in [1.82, 2.24) is 0 Å². The zero-order valence-electron chi connectivity index (χ0n) is 19.3. The van der Waals surface area contributed by atoms with E-state index >= 15 is 0 Å². The Balaban J connectivity index is 2.29. The largest absolute Gasteiger partial charge is 0.463 e. The minimum Gasteiger partial charge on any atom is -0.463 e. The number of carbonyl (C=O) groups excluding carboxylic acids is 1. The van der Waals surface area contributed by atoms with Gasteiger partial charge in [-0.3, -0.25) is 0 Å². The molecule has 0 fully saturated rings. The molecular weight excluding hydrogens is 388 g/mol. The first-order chi connectivity index (χ1) is 14.2. The van der Waals surface area contributed by atoms with Crippen molar-refractivity contribution in [3.05, 3.63) is 72.3 Å². The Bertz CT molecular complexity index is 783. The van der Waals surface area contributed by atoms with E-state index in [2.05, 4.69) is 88.4 Å². The van der Waals surface area contributed by atoms with Crippen LogP contribution in [0.1, 0.15) is 48.0 Å². The van der Waals surface area contributed by atoms with Crippen molar-refractivity contribution in [3.63, 3.8) is 0 Å². The molecule has 0 spiro atoms. The molecule has 0 radical (unpaired) electrons. The molecule has 0 amide bonds. The minimum atomic E-state index is -2.50. The van der Waals surface area contributed by atoms with E-state index in [1.807, 2.05) is 19.9 Å². The number of hydrogen-bond donors (Lipinski definition) is 0. The van der Waals surface area contributed by atoms with E-state index in [4.69, 9.17) is 9.16 Å². The van der Waals surface area contributed by atoms with Crippen molar-refractivity contribution in [2.75, 3.05) is 13.2 Å². The monoisotopic (exact) mass is 424 g/mol. The van der Waals surface area contributed by atoms with Crippen LogP contribution in [-0.4, -0.2) is 27.5 Å². The van der Waals surface area contributed by atoms with Crippen molar-refractivity contribution in [3.8, 4) is 0 Å². The van der Waals surface area contributed by atoms with E-state index in [1.165, 1.54) is 10.4 Å². The standard InChI is InChI=1S/C26H36O3Si/c1-7-28-25(27)22(3)20-21(2)18-19-29-30(26(4,5)6,23-14-10-8-11-15-23)24-16-12-9-13-17-24/h8-17,20-21H,7,18-19H2,1-6H3/b22-20+/t21-/m0/s1. The van der Waals surface area contributed by atoms with Crippen molar-refractivity contribution in [2.24, 2.45) is 5.92 Å². The number of carbonyl (C=O) groups is 1. The van der Waals surface area contributed by atoms with E-state index in [-0.39, 0.29) is 16.9 Å². The van der Waals surface area contributed by atoms with Gasteiger partial charge in [0.05, 0.1) is 6.61 Å². The highest BCUT2D eigenvalue weighted by Gasteiger charge is 2.49. The lowest BCUT2D eigenvalue weighted by molar-refractivity contribution is -0.138. The third kappa shape index (κ3) is 5.70. The van der Waals surface area contributed by atoms with Crippen LogP contribution in [0, 0.1) is 5.92 Å². The van der Waals surface area contributed by atoms with Crippen molar-refractivity contribution >= 4 is 24.7 Å². The molecule has 2 aromatic rings. The highest BCUT2D eigenvalue weighted by molar-refractivity contribution is 6.99. The maximum atomic E-state index is 11.9. The summed E-state index contributed by atoms with van der Waals surface area (Å²) < 4.78 is 12.0. The highest BCUT2D eigenvalue weighted by atomic mass is 28.4. The molecule has 0 heterocycles. The average Bonchev–Trinajstić information content (AvgIpc) is 2.71. The van der Waals surface area contributed by atoms with Crippen LogP contribution in [0.5, 0.6) is 0 Å². The molecule has 0 saturated carbocycles. The Kier molecular flexibility index (Phi) is 8.62. The first kappa shape index (κ1) is 24.1. The van der Waals surface area contributed by atoms with Gasteiger partial charge in [-0.15, -0.1) is 0 Å². The summed E-state index contributed by atoms with van der Waals surface area (Å²) in [6.07, 6.45) is 2.84. The van der Waals surface area contributed by atoms with E-state index in [0.29, 0.717) is 18.8 Å². The second kappa shape index (κ2) is 10.7. The fourth-order valence-corrected chi connectivity index (χ4v) is 8.56. The topological polar surface area (TPSA) is 35.5 Å². The summed E-state index contributed by atoms with van der Waals surface area (Å²) in [7, 11) is -2.50. The van der Waals surface area contributed by atoms with Gasteiger partial charge in [-0.05, 0) is 41.6 Å². The number of esters is 1. The SMILES string of the molecule is CCOC(=O)/C(C)=C/[C@@H](C)CCO[Si](c1ccccc1)(c1ccccc1)C(C)(C)C. The minimum absolute atomic E-state index is 0.0321. The Morgan fingerprint density at radius 2 is 1.50 bits per heavy atom. The van der Waals surface area contributed by atoms with Gasteiger partial charge in [0.1, 0.15) is 0 Å². The molecule has 0 N–H and O–H groups in total. The molecule has 4 heteroatoms. The molecule has 0 aliphatic heterocycles. The Morgan fingerprint density at radius 1 is 1.00 bits per heavy atom. The molecule has 30 heavy (non-hydrogen) atoms. The first-order valence-electron chi connectivity index (χ1n) is 10.8. The van der Waals surface area contributed by atoms with Crippen LogP contribution in [0.4, 0.5) is 0 Å². The van der Waals surface area contributed by atoms with E-state index in [0.717, 1.165) is 6.42 Å². The van der Waals surface area contributed by atoms with Crippen LogP contribution < -0.4 is 10.4 Å². The molecular formula is C26H36O3Si. The molecule has 2 rings (SSSR count). The number of allylic oxidation sites excluding steroid dienone is 1. The Labute approximate surface area is 183 Å². The maximum absolute atomic E-state index is 11.9. The zero-order chi connectivity index (χ0) is 22.2. The molecule has 0 bridgehead atoms. The maximum Gasteiger partial charge on any atom is 0.333 e. The quantitative estimate of drug-likeness (QED) is 0.319. The van der Waals surface area contributed by atoms with Crippen LogP contribution in [0.2, 0.25) is 5.04 Å². The predicted octanol–water partition coefficient (Wildman–Crippen LogP) is 5.10. The van der Waals surface area contributed by atoms with Gasteiger partial charge in [-0.1, -0.05) is 94.4 Å². The Hall–Kier alpha value is -2.17. The Morgan fingerprint density at radius 3 is 1.93 bits per heavy atom. The second-order valence-corrected chi connectivity index (χ2v) is 13.2. The van der Waals surface area contributed by atoms with Crippen molar-refractivity contribution in [1.29, 1.82) is 0 Å². The molecule has 0 aliphatic carbocycles. The van der Waals surface area contributed by atoms with Crippen LogP contribution >= 0.6 is 0 Å².